The third-order valence-corrected chi connectivity index (χ3v) is 6.06. The molecule has 0 bridgehead atoms. The molecule has 12 heteroatoms. The van der Waals surface area contributed by atoms with Gasteiger partial charge in [-0.1, -0.05) is 24.5 Å². The maximum atomic E-state index is 14.4. The van der Waals surface area contributed by atoms with Gasteiger partial charge in [0.15, 0.2) is 17.1 Å². The van der Waals surface area contributed by atoms with Crippen LogP contribution in [0.25, 0.3) is 11.3 Å². The molecule has 39 heavy (non-hydrogen) atoms. The second-order valence-electron chi connectivity index (χ2n) is 8.67. The van der Waals surface area contributed by atoms with Gasteiger partial charge >= 0.3 is 6.18 Å². The number of benzene rings is 1. The van der Waals surface area contributed by atoms with Gasteiger partial charge in [0.25, 0.3) is 5.91 Å². The van der Waals surface area contributed by atoms with E-state index in [1.807, 2.05) is 5.32 Å². The van der Waals surface area contributed by atoms with Crippen molar-refractivity contribution in [3.05, 3.63) is 72.0 Å². The van der Waals surface area contributed by atoms with Crippen molar-refractivity contribution in [2.24, 2.45) is 0 Å². The number of alkyl halides is 3. The highest BCUT2D eigenvalue weighted by Crippen LogP contribution is 2.40. The number of fused-ring (bicyclic) bond motifs is 1. The molecule has 1 aromatic carbocycles. The van der Waals surface area contributed by atoms with E-state index in [-0.39, 0.29) is 28.3 Å². The number of H-pyrrole nitrogens is 1. The van der Waals surface area contributed by atoms with Gasteiger partial charge in [-0.25, -0.2) is 4.39 Å². The number of nitrogens with zero attached hydrogens (tertiary/aromatic N) is 1. The zero-order chi connectivity index (χ0) is 28.4. The Hall–Kier alpha value is -4.79. The number of anilines is 2. The van der Waals surface area contributed by atoms with Crippen LogP contribution < -0.4 is 20.7 Å². The fourth-order valence-electron chi connectivity index (χ4n) is 4.03. The van der Waals surface area contributed by atoms with Crippen molar-refractivity contribution < 1.29 is 31.9 Å². The zero-order valence-electron chi connectivity index (χ0n) is 20.8. The Bertz CT molecular complexity index is 1520. The standard InChI is InChI=1S/C27H23F4N5O3/c1-4-20(37)36-26(2,27(29,30)31)11-8-15-14-32-12-9-16(15)22-23(21-18(34-22)10-13-33-25(21)38)35-19-7-5-6-17(28)24(19)39-3/h4-7,9,12,14,34-35H,1,10,13H2,2-3H3,(H,33,38)(H,36,37)/t26-/m1/s1. The average Bonchev–Trinajstić information content (AvgIpc) is 3.26. The highest BCUT2D eigenvalue weighted by atomic mass is 19.4. The first kappa shape index (κ1) is 27.3. The lowest BCUT2D eigenvalue weighted by atomic mass is 9.99. The smallest absolute Gasteiger partial charge is 0.422 e. The van der Waals surface area contributed by atoms with E-state index in [4.69, 9.17) is 4.74 Å². The SMILES string of the molecule is C=CC(=O)N[C@](C)(C#Cc1cnccc1-c1[nH]c2c(c1Nc1cccc(F)c1OC)C(=O)NCC2)C(F)(F)F. The van der Waals surface area contributed by atoms with Crippen LogP contribution in [-0.4, -0.2) is 47.2 Å². The number of para-hydroxylation sites is 1. The number of aromatic nitrogens is 2. The molecule has 4 N–H and O–H groups in total. The first-order valence-corrected chi connectivity index (χ1v) is 11.6. The van der Waals surface area contributed by atoms with Gasteiger partial charge in [-0.3, -0.25) is 14.6 Å². The summed E-state index contributed by atoms with van der Waals surface area (Å²) in [4.78, 5) is 31.7. The highest BCUT2D eigenvalue weighted by molar-refractivity contribution is 6.06. The Morgan fingerprint density at radius 2 is 2.05 bits per heavy atom. The van der Waals surface area contributed by atoms with E-state index in [1.165, 1.54) is 37.7 Å². The largest absolute Gasteiger partial charge is 0.492 e. The zero-order valence-corrected chi connectivity index (χ0v) is 20.8. The van der Waals surface area contributed by atoms with Gasteiger partial charge in [0.05, 0.1) is 35.3 Å². The molecule has 2 aromatic heterocycles. The second kappa shape index (κ2) is 10.5. The third kappa shape index (κ3) is 5.29. The molecule has 202 valence electrons. The lowest BCUT2D eigenvalue weighted by Crippen LogP contribution is -2.55. The number of amides is 2. The minimum absolute atomic E-state index is 0.0779. The van der Waals surface area contributed by atoms with Gasteiger partial charge in [0, 0.05) is 36.6 Å². The highest BCUT2D eigenvalue weighted by Gasteiger charge is 2.51. The molecular weight excluding hydrogens is 518 g/mol. The Kier molecular flexibility index (Phi) is 7.36. The maximum absolute atomic E-state index is 14.4. The molecule has 1 aliphatic heterocycles. The van der Waals surface area contributed by atoms with E-state index in [0.29, 0.717) is 36.0 Å². The molecule has 3 aromatic rings. The number of rotatable bonds is 6. The van der Waals surface area contributed by atoms with Gasteiger partial charge in [-0.2, -0.15) is 13.2 Å². The van der Waals surface area contributed by atoms with Crippen molar-refractivity contribution in [2.75, 3.05) is 19.0 Å². The number of hydrogen-bond donors (Lipinski definition) is 4. The predicted octanol–water partition coefficient (Wildman–Crippen LogP) is 4.23. The van der Waals surface area contributed by atoms with Crippen LogP contribution >= 0.6 is 0 Å². The van der Waals surface area contributed by atoms with Crippen LogP contribution in [0.2, 0.25) is 0 Å². The number of pyridine rings is 1. The van der Waals surface area contributed by atoms with Crippen LogP contribution in [0.5, 0.6) is 5.75 Å². The van der Waals surface area contributed by atoms with Crippen molar-refractivity contribution in [1.82, 2.24) is 20.6 Å². The number of carbonyl (C=O) groups excluding carboxylic acids is 2. The van der Waals surface area contributed by atoms with Crippen molar-refractivity contribution >= 4 is 23.2 Å². The van der Waals surface area contributed by atoms with E-state index in [9.17, 15) is 27.2 Å². The van der Waals surface area contributed by atoms with Crippen LogP contribution in [0.3, 0.4) is 0 Å². The number of methoxy groups -OCH3 is 1. The lowest BCUT2D eigenvalue weighted by Gasteiger charge is -2.27. The summed E-state index contributed by atoms with van der Waals surface area (Å²) in [7, 11) is 1.29. The van der Waals surface area contributed by atoms with Crippen LogP contribution in [0, 0.1) is 17.7 Å². The maximum Gasteiger partial charge on any atom is 0.422 e. The van der Waals surface area contributed by atoms with Crippen molar-refractivity contribution in [3.8, 4) is 28.8 Å². The summed E-state index contributed by atoms with van der Waals surface area (Å²) < 4.78 is 61.2. The minimum atomic E-state index is -4.91. The first-order chi connectivity index (χ1) is 18.5. The number of nitrogens with one attached hydrogen (secondary N) is 4. The number of hydrogen-bond acceptors (Lipinski definition) is 5. The molecule has 3 heterocycles. The van der Waals surface area contributed by atoms with Crippen LogP contribution in [0.1, 0.15) is 28.5 Å². The molecule has 1 atom stereocenters. The van der Waals surface area contributed by atoms with Crippen molar-refractivity contribution in [2.45, 2.75) is 25.1 Å². The molecule has 4 rings (SSSR count). The fourth-order valence-corrected chi connectivity index (χ4v) is 4.03. The van der Waals surface area contributed by atoms with E-state index >= 15 is 0 Å². The van der Waals surface area contributed by atoms with E-state index in [2.05, 4.69) is 39.0 Å². The Morgan fingerprint density at radius 3 is 2.74 bits per heavy atom. The fraction of sp³-hybridized carbons (Fsp3) is 0.222. The number of halogens is 4. The summed E-state index contributed by atoms with van der Waals surface area (Å²) in [6, 6.07) is 5.73. The molecule has 0 fully saturated rings. The van der Waals surface area contributed by atoms with Crippen molar-refractivity contribution in [1.29, 1.82) is 0 Å². The molecular formula is C27H23F4N5O3. The number of ether oxygens (including phenoxy) is 1. The summed E-state index contributed by atoms with van der Waals surface area (Å²) in [5.41, 5.74) is -0.880. The molecule has 0 aliphatic carbocycles. The summed E-state index contributed by atoms with van der Waals surface area (Å²) in [6.07, 6.45) is -1.07. The Balaban J connectivity index is 1.89. The Morgan fingerprint density at radius 1 is 1.28 bits per heavy atom. The second-order valence-corrected chi connectivity index (χ2v) is 8.67. The lowest BCUT2D eigenvalue weighted by molar-refractivity contribution is -0.176. The molecule has 0 saturated carbocycles. The molecule has 0 unspecified atom stereocenters. The molecule has 8 nitrogen and oxygen atoms in total. The van der Waals surface area contributed by atoms with Crippen LogP contribution in [-0.2, 0) is 11.2 Å². The summed E-state index contributed by atoms with van der Waals surface area (Å²) in [5, 5.41) is 7.63. The van der Waals surface area contributed by atoms with Crippen LogP contribution in [0.15, 0.2) is 49.3 Å². The minimum Gasteiger partial charge on any atom is -0.492 e. The first-order valence-electron chi connectivity index (χ1n) is 11.6. The summed E-state index contributed by atoms with van der Waals surface area (Å²) >= 11 is 0. The Labute approximate surface area is 220 Å². The third-order valence-electron chi connectivity index (χ3n) is 6.06. The average molecular weight is 542 g/mol. The van der Waals surface area contributed by atoms with Gasteiger partial charge in [0.2, 0.25) is 5.91 Å². The van der Waals surface area contributed by atoms with E-state index < -0.39 is 29.3 Å². The van der Waals surface area contributed by atoms with E-state index in [1.54, 1.807) is 6.07 Å². The van der Waals surface area contributed by atoms with Gasteiger partial charge in [-0.15, -0.1) is 0 Å². The van der Waals surface area contributed by atoms with Crippen molar-refractivity contribution in [3.63, 3.8) is 0 Å². The van der Waals surface area contributed by atoms with Gasteiger partial charge in [0.1, 0.15) is 0 Å². The monoisotopic (exact) mass is 541 g/mol. The predicted molar refractivity (Wildman–Crippen MR) is 136 cm³/mol. The number of carbonyl (C=O) groups is 2. The quantitative estimate of drug-likeness (QED) is 0.212. The molecule has 0 saturated heterocycles. The molecule has 1 aliphatic rings. The summed E-state index contributed by atoms with van der Waals surface area (Å²) in [5.74, 6) is 2.43. The molecule has 0 spiro atoms. The van der Waals surface area contributed by atoms with E-state index in [0.717, 1.165) is 6.92 Å². The topological polar surface area (TPSA) is 108 Å². The van der Waals surface area contributed by atoms with Gasteiger partial charge < -0.3 is 25.7 Å². The molecule has 2 amide bonds. The van der Waals surface area contributed by atoms with Gasteiger partial charge in [-0.05, 0) is 31.2 Å². The van der Waals surface area contributed by atoms with Crippen LogP contribution in [0.4, 0.5) is 28.9 Å². The molecule has 0 radical (unpaired) electrons. The number of aromatic amines is 1. The summed E-state index contributed by atoms with van der Waals surface area (Å²) in [6.45, 7) is 4.28. The normalized spacial score (nSPS) is 14.2.